The number of fused-ring (bicyclic) bond motifs is 1. The highest BCUT2D eigenvalue weighted by atomic mass is 16.5. The first-order valence-corrected chi connectivity index (χ1v) is 10.7. The van der Waals surface area contributed by atoms with E-state index in [1.54, 1.807) is 19.4 Å². The number of allylic oxidation sites excluding steroid dienone is 1. The fourth-order valence-corrected chi connectivity index (χ4v) is 4.52. The fraction of sp³-hybridized carbons (Fsp3) is 0.478. The molecule has 2 aromatic rings. The van der Waals surface area contributed by atoms with Crippen LogP contribution < -0.4 is 5.32 Å². The minimum Gasteiger partial charge on any atom is -0.379 e. The van der Waals surface area contributed by atoms with Crippen molar-refractivity contribution in [1.29, 1.82) is 0 Å². The molecular weight excluding hydrogens is 394 g/mol. The predicted molar refractivity (Wildman–Crippen MR) is 118 cm³/mol. The number of morpholine rings is 1. The van der Waals surface area contributed by atoms with Gasteiger partial charge in [0.2, 0.25) is 0 Å². The number of carbonyl (C=O) groups is 2. The van der Waals surface area contributed by atoms with Crippen LogP contribution in [-0.4, -0.2) is 64.7 Å². The van der Waals surface area contributed by atoms with Gasteiger partial charge in [0.05, 0.1) is 37.2 Å². The number of carbonyl (C=O) groups excluding carboxylic acids is 2. The molecule has 2 unspecified atom stereocenters. The third kappa shape index (κ3) is 4.18. The normalized spacial score (nSPS) is 21.0. The fourth-order valence-electron chi connectivity index (χ4n) is 4.52. The monoisotopic (exact) mass is 423 g/mol. The van der Waals surface area contributed by atoms with E-state index in [-0.39, 0.29) is 24.4 Å². The lowest BCUT2D eigenvalue weighted by atomic mass is 9.95. The smallest absolute Gasteiger partial charge is 0.254 e. The summed E-state index contributed by atoms with van der Waals surface area (Å²) >= 11 is 0. The zero-order chi connectivity index (χ0) is 22.1. The van der Waals surface area contributed by atoms with Gasteiger partial charge in [0, 0.05) is 42.6 Å². The second-order valence-electron chi connectivity index (χ2n) is 8.32. The minimum absolute atomic E-state index is 0.107. The molecule has 4 rings (SSSR count). The second-order valence-corrected chi connectivity index (χ2v) is 8.32. The maximum absolute atomic E-state index is 13.2. The largest absolute Gasteiger partial charge is 0.379 e. The lowest BCUT2D eigenvalue weighted by Gasteiger charge is -2.34. The molecule has 0 aliphatic carbocycles. The van der Waals surface area contributed by atoms with Gasteiger partial charge in [-0.25, -0.2) is 9.98 Å². The highest BCUT2D eigenvalue weighted by Gasteiger charge is 2.27. The van der Waals surface area contributed by atoms with Gasteiger partial charge in [-0.2, -0.15) is 0 Å². The van der Waals surface area contributed by atoms with E-state index >= 15 is 0 Å². The van der Waals surface area contributed by atoms with Crippen molar-refractivity contribution in [2.75, 3.05) is 32.8 Å². The van der Waals surface area contributed by atoms with Crippen molar-refractivity contribution in [3.63, 3.8) is 0 Å². The van der Waals surface area contributed by atoms with Gasteiger partial charge < -0.3 is 14.5 Å². The number of nitrogens with zero attached hydrogens (tertiary/aromatic N) is 4. The molecule has 8 heteroatoms. The summed E-state index contributed by atoms with van der Waals surface area (Å²) in [4.78, 5) is 36.1. The number of ether oxygens (including phenoxy) is 1. The second kappa shape index (κ2) is 8.72. The molecule has 0 spiro atoms. The first kappa shape index (κ1) is 21.4. The number of aliphatic imine (C=N–C) groups is 1. The Morgan fingerprint density at radius 3 is 2.74 bits per heavy atom. The molecule has 0 radical (unpaired) electrons. The summed E-state index contributed by atoms with van der Waals surface area (Å²) in [5.74, 6) is -0.815. The van der Waals surface area contributed by atoms with E-state index in [0.29, 0.717) is 24.5 Å². The van der Waals surface area contributed by atoms with E-state index in [9.17, 15) is 9.59 Å². The van der Waals surface area contributed by atoms with Crippen LogP contribution in [0.1, 0.15) is 48.4 Å². The number of nitrogens with one attached hydrogen (secondary N) is 1. The molecule has 31 heavy (non-hydrogen) atoms. The molecule has 1 N–H and O–H groups in total. The molecule has 2 amide bonds. The van der Waals surface area contributed by atoms with E-state index in [1.165, 1.54) is 0 Å². The zero-order valence-electron chi connectivity index (χ0n) is 18.5. The predicted octanol–water partition coefficient (Wildman–Crippen LogP) is 2.33. The summed E-state index contributed by atoms with van der Waals surface area (Å²) in [6.45, 7) is 11.2. The summed E-state index contributed by atoms with van der Waals surface area (Å²) in [7, 11) is 0. The quantitative estimate of drug-likeness (QED) is 0.797. The maximum atomic E-state index is 13.2. The Kier molecular flexibility index (Phi) is 6.02. The van der Waals surface area contributed by atoms with E-state index in [2.05, 4.69) is 31.5 Å². The number of hydrogen-bond acceptors (Lipinski definition) is 5. The van der Waals surface area contributed by atoms with Crippen LogP contribution in [0.5, 0.6) is 0 Å². The molecule has 2 aliphatic rings. The van der Waals surface area contributed by atoms with E-state index < -0.39 is 5.92 Å². The lowest BCUT2D eigenvalue weighted by molar-refractivity contribution is -0.120. The van der Waals surface area contributed by atoms with E-state index in [1.807, 2.05) is 26.0 Å². The van der Waals surface area contributed by atoms with E-state index in [0.717, 1.165) is 35.4 Å². The van der Waals surface area contributed by atoms with Gasteiger partial charge in [0.25, 0.3) is 11.8 Å². The molecule has 2 aliphatic heterocycles. The molecule has 1 fully saturated rings. The van der Waals surface area contributed by atoms with Crippen LogP contribution in [0.3, 0.4) is 0 Å². The van der Waals surface area contributed by atoms with Gasteiger partial charge in [-0.3, -0.25) is 14.5 Å². The van der Waals surface area contributed by atoms with Crippen molar-refractivity contribution in [1.82, 2.24) is 19.6 Å². The Hall–Kier alpha value is -2.84. The molecule has 0 bridgehead atoms. The van der Waals surface area contributed by atoms with Gasteiger partial charge in [0.15, 0.2) is 0 Å². The number of imidazole rings is 1. The molecule has 0 aromatic carbocycles. The van der Waals surface area contributed by atoms with Crippen molar-refractivity contribution >= 4 is 23.0 Å². The third-order valence-electron chi connectivity index (χ3n) is 6.28. The number of pyridine rings is 1. The van der Waals surface area contributed by atoms with Crippen molar-refractivity contribution in [2.45, 2.75) is 33.7 Å². The SMILES string of the molecule is CC1=CC(C)=NC(=O)C1CNC(=O)c1cc2cncn2c(C(C)N2CCOCC2)c1C. The van der Waals surface area contributed by atoms with Crippen LogP contribution in [0, 0.1) is 12.8 Å². The summed E-state index contributed by atoms with van der Waals surface area (Å²) in [5.41, 5.74) is 5.06. The van der Waals surface area contributed by atoms with Crippen LogP contribution in [0.2, 0.25) is 0 Å². The highest BCUT2D eigenvalue weighted by molar-refractivity contribution is 6.06. The summed E-state index contributed by atoms with van der Waals surface area (Å²) in [6.07, 6.45) is 5.45. The van der Waals surface area contributed by atoms with Crippen LogP contribution in [0.25, 0.3) is 5.52 Å². The molecule has 8 nitrogen and oxygen atoms in total. The Morgan fingerprint density at radius 1 is 1.29 bits per heavy atom. The molecule has 1 saturated heterocycles. The molecule has 2 atom stereocenters. The van der Waals surface area contributed by atoms with Gasteiger partial charge in [-0.1, -0.05) is 5.57 Å². The third-order valence-corrected chi connectivity index (χ3v) is 6.28. The van der Waals surface area contributed by atoms with Gasteiger partial charge in [-0.05, 0) is 45.4 Å². The van der Waals surface area contributed by atoms with Crippen molar-refractivity contribution in [3.8, 4) is 0 Å². The highest BCUT2D eigenvalue weighted by Crippen LogP contribution is 2.28. The maximum Gasteiger partial charge on any atom is 0.254 e. The molecule has 2 aromatic heterocycles. The van der Waals surface area contributed by atoms with E-state index in [4.69, 9.17) is 4.74 Å². The number of aromatic nitrogens is 2. The average Bonchev–Trinajstić information content (AvgIpc) is 3.20. The Labute approximate surface area is 182 Å². The Bertz CT molecular complexity index is 1080. The molecular formula is C23H29N5O3. The zero-order valence-corrected chi connectivity index (χ0v) is 18.5. The van der Waals surface area contributed by atoms with Gasteiger partial charge >= 0.3 is 0 Å². The van der Waals surface area contributed by atoms with Crippen LogP contribution >= 0.6 is 0 Å². The first-order valence-electron chi connectivity index (χ1n) is 10.7. The molecule has 4 heterocycles. The lowest BCUT2D eigenvalue weighted by Crippen LogP contribution is -2.39. The standard InChI is InChI=1S/C23H29N5O3/c1-14-9-15(2)26-23(30)20(14)12-25-22(29)19-10-18-11-24-13-28(18)21(16(19)3)17(4)27-5-7-31-8-6-27/h9-11,13,17,20H,5-8,12H2,1-4H3,(H,25,29). The topological polar surface area (TPSA) is 88.3 Å². The van der Waals surface area contributed by atoms with Crippen molar-refractivity contribution < 1.29 is 14.3 Å². The van der Waals surface area contributed by atoms with Crippen molar-refractivity contribution in [2.24, 2.45) is 10.9 Å². The van der Waals surface area contributed by atoms with Crippen LogP contribution in [0.4, 0.5) is 0 Å². The van der Waals surface area contributed by atoms with Crippen LogP contribution in [0.15, 0.2) is 35.2 Å². The summed E-state index contributed by atoms with van der Waals surface area (Å²) in [6, 6.07) is 1.97. The molecule has 0 saturated carbocycles. The summed E-state index contributed by atoms with van der Waals surface area (Å²) in [5, 5.41) is 2.95. The first-order chi connectivity index (χ1) is 14.9. The van der Waals surface area contributed by atoms with Crippen molar-refractivity contribution in [3.05, 3.63) is 47.1 Å². The number of rotatable bonds is 5. The average molecular weight is 424 g/mol. The Balaban J connectivity index is 1.60. The van der Waals surface area contributed by atoms with Gasteiger partial charge in [-0.15, -0.1) is 0 Å². The van der Waals surface area contributed by atoms with Crippen LogP contribution in [-0.2, 0) is 9.53 Å². The number of dihydropyridines is 1. The minimum atomic E-state index is -0.418. The number of amides is 2. The molecule has 164 valence electrons. The summed E-state index contributed by atoms with van der Waals surface area (Å²) < 4.78 is 7.55. The number of hydrogen-bond donors (Lipinski definition) is 1. The Morgan fingerprint density at radius 2 is 2.03 bits per heavy atom. The van der Waals surface area contributed by atoms with Gasteiger partial charge in [0.1, 0.15) is 0 Å².